The molecule has 1 heterocycles. The first-order valence-corrected chi connectivity index (χ1v) is 5.61. The number of carbonyl (C=O) groups is 1. The minimum absolute atomic E-state index is 0.0194. The number of nitrogens with one attached hydrogen (secondary N) is 1. The number of hydrogen-bond donors (Lipinski definition) is 1. The topological polar surface area (TPSA) is 47.6 Å². The lowest BCUT2D eigenvalue weighted by Gasteiger charge is -2.24. The fourth-order valence-electron chi connectivity index (χ4n) is 1.33. The van der Waals surface area contributed by atoms with Crippen LogP contribution in [0.4, 0.5) is 0 Å². The molecule has 0 spiro atoms. The highest BCUT2D eigenvalue weighted by atomic mass is 16.5. The smallest absolute Gasteiger partial charge is 0.308 e. The molecule has 1 saturated heterocycles. The maximum Gasteiger partial charge on any atom is 0.308 e. The van der Waals surface area contributed by atoms with Gasteiger partial charge in [0.1, 0.15) is 6.10 Å². The molecule has 2 unspecified atom stereocenters. The van der Waals surface area contributed by atoms with Gasteiger partial charge in [-0.15, -0.1) is 0 Å². The van der Waals surface area contributed by atoms with E-state index in [1.54, 1.807) is 0 Å². The summed E-state index contributed by atoms with van der Waals surface area (Å²) in [7, 11) is 0. The van der Waals surface area contributed by atoms with Gasteiger partial charge in [0.2, 0.25) is 0 Å². The molecule has 1 N–H and O–H groups in total. The first-order valence-electron chi connectivity index (χ1n) is 5.61. The Morgan fingerprint density at radius 1 is 1.53 bits per heavy atom. The quantitative estimate of drug-likeness (QED) is 0.709. The summed E-state index contributed by atoms with van der Waals surface area (Å²) in [5.74, 6) is 0.198. The van der Waals surface area contributed by atoms with Gasteiger partial charge >= 0.3 is 5.97 Å². The van der Waals surface area contributed by atoms with Gasteiger partial charge in [-0.3, -0.25) is 4.79 Å². The molecule has 1 aliphatic heterocycles. The van der Waals surface area contributed by atoms with Crippen LogP contribution in [-0.4, -0.2) is 37.9 Å². The minimum Gasteiger partial charge on any atom is -0.462 e. The molecule has 0 aromatic rings. The Morgan fingerprint density at radius 3 is 2.80 bits per heavy atom. The lowest BCUT2D eigenvalue weighted by Crippen LogP contribution is -2.40. The summed E-state index contributed by atoms with van der Waals surface area (Å²) in [5.41, 5.74) is 0. The molecule has 88 valence electrons. The molecule has 0 aliphatic carbocycles. The molecule has 1 fully saturated rings. The van der Waals surface area contributed by atoms with Gasteiger partial charge in [0.05, 0.1) is 19.1 Å². The summed E-state index contributed by atoms with van der Waals surface area (Å²) in [6.45, 7) is 8.28. The number of ether oxygens (including phenoxy) is 2. The van der Waals surface area contributed by atoms with Gasteiger partial charge in [0.25, 0.3) is 0 Å². The zero-order valence-corrected chi connectivity index (χ0v) is 9.79. The highest BCUT2D eigenvalue weighted by Crippen LogP contribution is 2.09. The normalized spacial score (nSPS) is 23.9. The minimum atomic E-state index is -0.162. The fraction of sp³-hybridized carbons (Fsp3) is 0.909. The van der Waals surface area contributed by atoms with Gasteiger partial charge in [-0.25, -0.2) is 0 Å². The molecule has 1 aliphatic rings. The Balaban J connectivity index is 2.22. The lowest BCUT2D eigenvalue weighted by molar-refractivity contribution is -0.153. The van der Waals surface area contributed by atoms with Crippen molar-refractivity contribution in [1.82, 2.24) is 5.32 Å². The van der Waals surface area contributed by atoms with Crippen molar-refractivity contribution in [2.75, 3.05) is 19.7 Å². The van der Waals surface area contributed by atoms with E-state index in [2.05, 4.69) is 5.32 Å². The first-order chi connectivity index (χ1) is 7.09. The van der Waals surface area contributed by atoms with Crippen LogP contribution in [0, 0.1) is 5.92 Å². The van der Waals surface area contributed by atoms with E-state index in [0.717, 1.165) is 13.1 Å². The van der Waals surface area contributed by atoms with Crippen molar-refractivity contribution in [2.24, 2.45) is 5.92 Å². The Hall–Kier alpha value is -0.610. The van der Waals surface area contributed by atoms with Gasteiger partial charge in [0, 0.05) is 13.1 Å². The summed E-state index contributed by atoms with van der Waals surface area (Å²) in [5, 5.41) is 3.18. The molecular weight excluding hydrogens is 194 g/mol. The van der Waals surface area contributed by atoms with Gasteiger partial charge in [-0.05, 0) is 12.8 Å². The van der Waals surface area contributed by atoms with Gasteiger partial charge in [-0.1, -0.05) is 13.8 Å². The highest BCUT2D eigenvalue weighted by molar-refractivity contribution is 5.70. The zero-order chi connectivity index (χ0) is 11.3. The SMILES string of the molecule is CC(C)C(C)OC(=O)CC1CNCCO1. The van der Waals surface area contributed by atoms with Crippen LogP contribution in [-0.2, 0) is 14.3 Å². The van der Waals surface area contributed by atoms with E-state index in [9.17, 15) is 4.79 Å². The Labute approximate surface area is 91.3 Å². The number of hydrogen-bond acceptors (Lipinski definition) is 4. The molecule has 4 heteroatoms. The number of carbonyl (C=O) groups excluding carboxylic acids is 1. The maximum atomic E-state index is 11.5. The van der Waals surface area contributed by atoms with Crippen molar-refractivity contribution >= 4 is 5.97 Å². The molecule has 0 bridgehead atoms. The van der Waals surface area contributed by atoms with E-state index in [0.29, 0.717) is 18.9 Å². The van der Waals surface area contributed by atoms with E-state index in [1.165, 1.54) is 0 Å². The summed E-state index contributed by atoms with van der Waals surface area (Å²) in [6.07, 6.45) is 0.309. The zero-order valence-electron chi connectivity index (χ0n) is 9.79. The second-order valence-electron chi connectivity index (χ2n) is 4.34. The summed E-state index contributed by atoms with van der Waals surface area (Å²) in [4.78, 5) is 11.5. The summed E-state index contributed by atoms with van der Waals surface area (Å²) >= 11 is 0. The Morgan fingerprint density at radius 2 is 2.27 bits per heavy atom. The molecule has 4 nitrogen and oxygen atoms in total. The van der Waals surface area contributed by atoms with E-state index in [1.807, 2.05) is 20.8 Å². The van der Waals surface area contributed by atoms with Crippen LogP contribution in [0.3, 0.4) is 0 Å². The molecule has 1 rings (SSSR count). The molecule has 0 aromatic heterocycles. The van der Waals surface area contributed by atoms with Crippen LogP contribution in [0.2, 0.25) is 0 Å². The third-order valence-electron chi connectivity index (χ3n) is 2.65. The molecule has 0 radical (unpaired) electrons. The van der Waals surface area contributed by atoms with Crippen LogP contribution < -0.4 is 5.32 Å². The highest BCUT2D eigenvalue weighted by Gasteiger charge is 2.20. The largest absolute Gasteiger partial charge is 0.462 e. The van der Waals surface area contributed by atoms with Crippen molar-refractivity contribution in [2.45, 2.75) is 39.4 Å². The molecule has 0 aromatic carbocycles. The third-order valence-corrected chi connectivity index (χ3v) is 2.65. The third kappa shape index (κ3) is 4.62. The Kier molecular flexibility index (Phi) is 5.05. The van der Waals surface area contributed by atoms with Crippen LogP contribution in [0.1, 0.15) is 27.2 Å². The van der Waals surface area contributed by atoms with E-state index < -0.39 is 0 Å². The van der Waals surface area contributed by atoms with Crippen molar-refractivity contribution in [1.29, 1.82) is 0 Å². The predicted molar refractivity (Wildman–Crippen MR) is 57.6 cm³/mol. The van der Waals surface area contributed by atoms with Crippen molar-refractivity contribution in [3.05, 3.63) is 0 Å². The van der Waals surface area contributed by atoms with Crippen LogP contribution >= 0.6 is 0 Å². The van der Waals surface area contributed by atoms with Gasteiger partial charge < -0.3 is 14.8 Å². The number of esters is 1. The monoisotopic (exact) mass is 215 g/mol. The summed E-state index contributed by atoms with van der Waals surface area (Å²) in [6, 6.07) is 0. The second-order valence-corrected chi connectivity index (χ2v) is 4.34. The maximum absolute atomic E-state index is 11.5. The first kappa shape index (κ1) is 12.5. The molecule has 15 heavy (non-hydrogen) atoms. The predicted octanol–water partition coefficient (Wildman–Crippen LogP) is 0.953. The summed E-state index contributed by atoms with van der Waals surface area (Å²) < 4.78 is 10.7. The van der Waals surface area contributed by atoms with Crippen molar-refractivity contribution < 1.29 is 14.3 Å². The van der Waals surface area contributed by atoms with Crippen molar-refractivity contribution in [3.63, 3.8) is 0 Å². The van der Waals surface area contributed by atoms with Crippen LogP contribution in [0.15, 0.2) is 0 Å². The average molecular weight is 215 g/mol. The Bertz CT molecular complexity index is 200. The molecular formula is C11H21NO3. The van der Waals surface area contributed by atoms with E-state index in [4.69, 9.17) is 9.47 Å². The standard InChI is InChI=1S/C11H21NO3/c1-8(2)9(3)15-11(13)6-10-7-12-4-5-14-10/h8-10,12H,4-7H2,1-3H3. The van der Waals surface area contributed by atoms with Gasteiger partial charge in [0.15, 0.2) is 0 Å². The lowest BCUT2D eigenvalue weighted by atomic mass is 10.1. The average Bonchev–Trinajstić information content (AvgIpc) is 2.18. The van der Waals surface area contributed by atoms with Gasteiger partial charge in [-0.2, -0.15) is 0 Å². The second kappa shape index (κ2) is 6.08. The number of morpholine rings is 1. The molecule has 0 amide bonds. The van der Waals surface area contributed by atoms with Crippen LogP contribution in [0.5, 0.6) is 0 Å². The number of rotatable bonds is 4. The van der Waals surface area contributed by atoms with Crippen LogP contribution in [0.25, 0.3) is 0 Å². The molecule has 2 atom stereocenters. The van der Waals surface area contributed by atoms with E-state index >= 15 is 0 Å². The van der Waals surface area contributed by atoms with Crippen molar-refractivity contribution in [3.8, 4) is 0 Å². The fourth-order valence-corrected chi connectivity index (χ4v) is 1.33. The van der Waals surface area contributed by atoms with E-state index in [-0.39, 0.29) is 18.2 Å². The molecule has 0 saturated carbocycles.